The third-order valence-electron chi connectivity index (χ3n) is 6.47. The number of hydrogen-bond donors (Lipinski definition) is 1. The van der Waals surface area contributed by atoms with Crippen molar-refractivity contribution in [3.63, 3.8) is 0 Å². The molecule has 184 valence electrons. The molecule has 0 radical (unpaired) electrons. The SMILES string of the molecule is CCCCN1C(=O)c2[nH]nc(-c3ccc(Cl)cc3)c2C1c1ccc(OCc2ccccc2)c(OC)c1. The number of hydrogen-bond acceptors (Lipinski definition) is 4. The summed E-state index contributed by atoms with van der Waals surface area (Å²) in [5, 5.41) is 8.19. The number of nitrogens with zero attached hydrogens (tertiary/aromatic N) is 2. The van der Waals surface area contributed by atoms with Crippen LogP contribution in [0.5, 0.6) is 11.5 Å². The summed E-state index contributed by atoms with van der Waals surface area (Å²) in [7, 11) is 1.63. The molecule has 0 saturated heterocycles. The highest BCUT2D eigenvalue weighted by Crippen LogP contribution is 2.44. The number of methoxy groups -OCH3 is 1. The van der Waals surface area contributed by atoms with Crippen LogP contribution in [-0.2, 0) is 6.61 Å². The number of unbranched alkanes of at least 4 members (excludes halogenated alkanes) is 1. The van der Waals surface area contributed by atoms with Gasteiger partial charge in [-0.05, 0) is 41.8 Å². The topological polar surface area (TPSA) is 67.5 Å². The van der Waals surface area contributed by atoms with E-state index >= 15 is 0 Å². The van der Waals surface area contributed by atoms with E-state index in [9.17, 15) is 4.79 Å². The molecule has 1 aliphatic heterocycles. The first kappa shape index (κ1) is 23.9. The average molecular weight is 502 g/mol. The monoisotopic (exact) mass is 501 g/mol. The molecule has 0 spiro atoms. The summed E-state index contributed by atoms with van der Waals surface area (Å²) in [6.45, 7) is 3.21. The molecule has 2 heterocycles. The fourth-order valence-electron chi connectivity index (χ4n) is 4.64. The smallest absolute Gasteiger partial charge is 0.273 e. The molecule has 0 saturated carbocycles. The van der Waals surface area contributed by atoms with Gasteiger partial charge in [-0.3, -0.25) is 9.89 Å². The van der Waals surface area contributed by atoms with Crippen LogP contribution < -0.4 is 9.47 Å². The van der Waals surface area contributed by atoms with E-state index in [1.807, 2.05) is 77.7 Å². The van der Waals surface area contributed by atoms with Crippen molar-refractivity contribution in [2.75, 3.05) is 13.7 Å². The lowest BCUT2D eigenvalue weighted by molar-refractivity contribution is 0.0741. The lowest BCUT2D eigenvalue weighted by Gasteiger charge is -2.27. The van der Waals surface area contributed by atoms with E-state index in [4.69, 9.17) is 21.1 Å². The Morgan fingerprint density at radius 2 is 1.81 bits per heavy atom. The highest BCUT2D eigenvalue weighted by molar-refractivity contribution is 6.30. The van der Waals surface area contributed by atoms with E-state index in [1.165, 1.54) is 0 Å². The lowest BCUT2D eigenvalue weighted by Crippen LogP contribution is -2.30. The third-order valence-corrected chi connectivity index (χ3v) is 6.73. The van der Waals surface area contributed by atoms with Crippen LogP contribution in [0.4, 0.5) is 0 Å². The van der Waals surface area contributed by atoms with Gasteiger partial charge in [0.25, 0.3) is 5.91 Å². The van der Waals surface area contributed by atoms with Gasteiger partial charge in [-0.15, -0.1) is 0 Å². The number of nitrogens with one attached hydrogen (secondary N) is 1. The highest BCUT2D eigenvalue weighted by atomic mass is 35.5. The van der Waals surface area contributed by atoms with Crippen LogP contribution in [0, 0.1) is 0 Å². The maximum atomic E-state index is 13.4. The first-order valence-corrected chi connectivity index (χ1v) is 12.5. The Morgan fingerprint density at radius 1 is 1.03 bits per heavy atom. The van der Waals surface area contributed by atoms with Crippen LogP contribution in [0.2, 0.25) is 5.02 Å². The number of carbonyl (C=O) groups is 1. The van der Waals surface area contributed by atoms with Gasteiger partial charge in [0.2, 0.25) is 0 Å². The lowest BCUT2D eigenvalue weighted by atomic mass is 9.95. The summed E-state index contributed by atoms with van der Waals surface area (Å²) in [4.78, 5) is 15.4. The van der Waals surface area contributed by atoms with E-state index in [-0.39, 0.29) is 11.9 Å². The van der Waals surface area contributed by atoms with Crippen LogP contribution in [0.3, 0.4) is 0 Å². The zero-order valence-corrected chi connectivity index (χ0v) is 21.1. The summed E-state index contributed by atoms with van der Waals surface area (Å²) in [5.74, 6) is 1.23. The minimum Gasteiger partial charge on any atom is -0.493 e. The number of rotatable bonds is 9. The molecule has 1 aromatic heterocycles. The normalized spacial score (nSPS) is 14.7. The third kappa shape index (κ3) is 4.56. The Kier molecular flexibility index (Phi) is 6.96. The molecule has 1 aliphatic rings. The molecule has 0 fully saturated rings. The quantitative estimate of drug-likeness (QED) is 0.278. The van der Waals surface area contributed by atoms with E-state index in [1.54, 1.807) is 7.11 Å². The molecule has 1 N–H and O–H groups in total. The predicted molar refractivity (Wildman–Crippen MR) is 141 cm³/mol. The number of ether oxygens (including phenoxy) is 2. The van der Waals surface area contributed by atoms with Crippen LogP contribution >= 0.6 is 11.6 Å². The fraction of sp³-hybridized carbons (Fsp3) is 0.241. The van der Waals surface area contributed by atoms with Crippen molar-refractivity contribution < 1.29 is 14.3 Å². The van der Waals surface area contributed by atoms with Gasteiger partial charge in [0.15, 0.2) is 11.5 Å². The zero-order valence-electron chi connectivity index (χ0n) is 20.3. The Labute approximate surface area is 215 Å². The fourth-order valence-corrected chi connectivity index (χ4v) is 4.76. The van der Waals surface area contributed by atoms with Crippen molar-refractivity contribution in [2.24, 2.45) is 0 Å². The number of halogens is 1. The van der Waals surface area contributed by atoms with Gasteiger partial charge in [-0.1, -0.05) is 73.5 Å². The van der Waals surface area contributed by atoms with Crippen molar-refractivity contribution in [1.82, 2.24) is 15.1 Å². The van der Waals surface area contributed by atoms with Gasteiger partial charge in [0.1, 0.15) is 12.3 Å². The van der Waals surface area contributed by atoms with Crippen molar-refractivity contribution in [3.8, 4) is 22.8 Å². The molecule has 1 unspecified atom stereocenters. The van der Waals surface area contributed by atoms with Gasteiger partial charge in [-0.2, -0.15) is 5.10 Å². The van der Waals surface area contributed by atoms with Gasteiger partial charge in [0, 0.05) is 22.7 Å². The number of carbonyl (C=O) groups excluding carboxylic acids is 1. The zero-order chi connectivity index (χ0) is 25.1. The Balaban J connectivity index is 1.53. The molecule has 7 heteroatoms. The molecule has 0 aliphatic carbocycles. The van der Waals surface area contributed by atoms with Crippen molar-refractivity contribution in [2.45, 2.75) is 32.4 Å². The number of aromatic amines is 1. The summed E-state index contributed by atoms with van der Waals surface area (Å²) in [5.41, 5.74) is 5.08. The maximum Gasteiger partial charge on any atom is 0.273 e. The molecular formula is C29H28ClN3O3. The number of aromatic nitrogens is 2. The number of H-pyrrole nitrogens is 1. The van der Waals surface area contributed by atoms with Gasteiger partial charge >= 0.3 is 0 Å². The minimum absolute atomic E-state index is 0.0421. The molecule has 4 aromatic rings. The molecule has 6 nitrogen and oxygen atoms in total. The largest absolute Gasteiger partial charge is 0.493 e. The Morgan fingerprint density at radius 3 is 2.53 bits per heavy atom. The average Bonchev–Trinajstić information content (AvgIpc) is 3.46. The highest BCUT2D eigenvalue weighted by Gasteiger charge is 2.42. The molecule has 36 heavy (non-hydrogen) atoms. The standard InChI is InChI=1S/C29H28ClN3O3/c1-3-4-16-33-28(25-26(31-32-27(25)29(33)34)20-10-13-22(30)14-11-20)21-12-15-23(24(17-21)35-2)36-18-19-8-6-5-7-9-19/h5-15,17,28H,3-4,16,18H2,1-2H3,(H,31,32). The second-order valence-electron chi connectivity index (χ2n) is 8.81. The summed E-state index contributed by atoms with van der Waals surface area (Å²) in [6.07, 6.45) is 1.90. The van der Waals surface area contributed by atoms with Crippen LogP contribution in [-0.4, -0.2) is 34.7 Å². The number of benzene rings is 3. The van der Waals surface area contributed by atoms with Crippen LogP contribution in [0.15, 0.2) is 72.8 Å². The first-order chi connectivity index (χ1) is 17.6. The van der Waals surface area contributed by atoms with E-state index in [2.05, 4.69) is 17.1 Å². The summed E-state index contributed by atoms with van der Waals surface area (Å²) in [6, 6.07) is 23.1. The summed E-state index contributed by atoms with van der Waals surface area (Å²) >= 11 is 6.12. The molecule has 1 amide bonds. The Hall–Kier alpha value is -3.77. The van der Waals surface area contributed by atoms with E-state index in [0.717, 1.165) is 40.8 Å². The number of amides is 1. The predicted octanol–water partition coefficient (Wildman–Crippen LogP) is 6.66. The molecular weight excluding hydrogens is 474 g/mol. The van der Waals surface area contributed by atoms with E-state index < -0.39 is 0 Å². The first-order valence-electron chi connectivity index (χ1n) is 12.1. The second-order valence-corrected chi connectivity index (χ2v) is 9.24. The Bertz CT molecular complexity index is 1350. The molecule has 0 bridgehead atoms. The van der Waals surface area contributed by atoms with E-state index in [0.29, 0.717) is 35.4 Å². The molecule has 1 atom stereocenters. The molecule has 5 rings (SSSR count). The van der Waals surface area contributed by atoms with Gasteiger partial charge in [-0.25, -0.2) is 0 Å². The molecule has 3 aromatic carbocycles. The van der Waals surface area contributed by atoms with Crippen molar-refractivity contribution in [1.29, 1.82) is 0 Å². The van der Waals surface area contributed by atoms with Crippen molar-refractivity contribution in [3.05, 3.63) is 100 Å². The van der Waals surface area contributed by atoms with Gasteiger partial charge in [0.05, 0.1) is 18.8 Å². The summed E-state index contributed by atoms with van der Waals surface area (Å²) < 4.78 is 11.8. The van der Waals surface area contributed by atoms with Crippen molar-refractivity contribution >= 4 is 17.5 Å². The van der Waals surface area contributed by atoms with Crippen LogP contribution in [0.25, 0.3) is 11.3 Å². The second kappa shape index (κ2) is 10.5. The van der Waals surface area contributed by atoms with Gasteiger partial charge < -0.3 is 14.4 Å². The number of fused-ring (bicyclic) bond motifs is 1. The maximum absolute atomic E-state index is 13.4. The minimum atomic E-state index is -0.291. The van der Waals surface area contributed by atoms with Crippen LogP contribution in [0.1, 0.15) is 53.0 Å².